The molecule has 4 amide bonds. The Morgan fingerprint density at radius 3 is 2.39 bits per heavy atom. The number of carbonyl (C=O) groups excluding carboxylic acids is 3. The van der Waals surface area contributed by atoms with Gasteiger partial charge in [-0.25, -0.2) is 4.79 Å². The van der Waals surface area contributed by atoms with Gasteiger partial charge in [-0.05, 0) is 36.8 Å². The first-order chi connectivity index (χ1) is 13.6. The zero-order valence-corrected chi connectivity index (χ0v) is 15.5. The number of carbonyl (C=O) groups is 3. The monoisotopic (exact) mass is 382 g/mol. The first-order valence-electron chi connectivity index (χ1n) is 9.41. The molecule has 0 saturated carbocycles. The Labute approximate surface area is 162 Å². The van der Waals surface area contributed by atoms with Crippen LogP contribution in [0.1, 0.15) is 27.3 Å². The summed E-state index contributed by atoms with van der Waals surface area (Å²) in [4.78, 5) is 42.4. The molecule has 0 atom stereocenters. The van der Waals surface area contributed by atoms with E-state index in [-0.39, 0.29) is 17.8 Å². The van der Waals surface area contributed by atoms with E-state index in [1.165, 1.54) is 6.26 Å². The van der Waals surface area contributed by atoms with Crippen molar-refractivity contribution in [2.24, 2.45) is 0 Å². The normalized spacial score (nSPS) is 17.4. The Balaban J connectivity index is 1.44. The van der Waals surface area contributed by atoms with E-state index in [9.17, 15) is 14.4 Å². The Kier molecular flexibility index (Phi) is 5.01. The summed E-state index contributed by atoms with van der Waals surface area (Å²) in [6.45, 7) is 3.26. The lowest BCUT2D eigenvalue weighted by molar-refractivity contribution is 0.0700. The maximum atomic E-state index is 13.0. The van der Waals surface area contributed by atoms with Crippen LogP contribution in [0.4, 0.5) is 10.5 Å². The number of furan rings is 1. The van der Waals surface area contributed by atoms with Crippen molar-refractivity contribution < 1.29 is 18.8 Å². The summed E-state index contributed by atoms with van der Waals surface area (Å²) in [7, 11) is 0. The van der Waals surface area contributed by atoms with Crippen LogP contribution in [-0.4, -0.2) is 66.9 Å². The third-order valence-electron chi connectivity index (χ3n) is 5.06. The zero-order chi connectivity index (χ0) is 19.5. The molecule has 2 aromatic rings. The van der Waals surface area contributed by atoms with Crippen molar-refractivity contribution in [3.63, 3.8) is 0 Å². The number of amides is 4. The molecule has 0 radical (unpaired) electrons. The van der Waals surface area contributed by atoms with E-state index in [2.05, 4.69) is 5.32 Å². The molecule has 1 aromatic heterocycles. The summed E-state index contributed by atoms with van der Waals surface area (Å²) in [5.41, 5.74) is 1.26. The van der Waals surface area contributed by atoms with Crippen molar-refractivity contribution in [3.05, 3.63) is 54.0 Å². The van der Waals surface area contributed by atoms with Crippen LogP contribution in [0.3, 0.4) is 0 Å². The smallest absolute Gasteiger partial charge is 0.321 e. The average Bonchev–Trinajstić information content (AvgIpc) is 3.34. The van der Waals surface area contributed by atoms with Crippen molar-refractivity contribution in [3.8, 4) is 0 Å². The summed E-state index contributed by atoms with van der Waals surface area (Å²) in [6, 6.07) is 10.3. The average molecular weight is 382 g/mol. The zero-order valence-electron chi connectivity index (χ0n) is 15.5. The first-order valence-corrected chi connectivity index (χ1v) is 9.41. The van der Waals surface area contributed by atoms with Crippen molar-refractivity contribution in [2.45, 2.75) is 6.42 Å². The molecule has 2 saturated heterocycles. The standard InChI is InChI=1S/C20H22N4O4/c25-18(15-4-1-5-16(14-15)24-10-7-21-20(24)27)22-8-3-9-23(12-11-22)19(26)17-6-2-13-28-17/h1-2,4-6,13-14H,3,7-12H2,(H,21,27). The van der Waals surface area contributed by atoms with Crippen LogP contribution in [0.2, 0.25) is 0 Å². The van der Waals surface area contributed by atoms with E-state index >= 15 is 0 Å². The lowest BCUT2D eigenvalue weighted by Gasteiger charge is -2.22. The lowest BCUT2D eigenvalue weighted by Crippen LogP contribution is -2.37. The second-order valence-corrected chi connectivity index (χ2v) is 6.85. The quantitative estimate of drug-likeness (QED) is 0.877. The summed E-state index contributed by atoms with van der Waals surface area (Å²) >= 11 is 0. The lowest BCUT2D eigenvalue weighted by atomic mass is 10.1. The van der Waals surface area contributed by atoms with E-state index in [0.717, 1.165) is 0 Å². The Morgan fingerprint density at radius 2 is 1.71 bits per heavy atom. The number of nitrogens with one attached hydrogen (secondary N) is 1. The van der Waals surface area contributed by atoms with Gasteiger partial charge in [-0.15, -0.1) is 0 Å². The molecule has 4 rings (SSSR count). The van der Waals surface area contributed by atoms with Crippen LogP contribution >= 0.6 is 0 Å². The van der Waals surface area contributed by atoms with Gasteiger partial charge < -0.3 is 19.5 Å². The number of urea groups is 1. The molecule has 8 nitrogen and oxygen atoms in total. The van der Waals surface area contributed by atoms with E-state index in [1.54, 1.807) is 45.0 Å². The minimum absolute atomic E-state index is 0.0891. The van der Waals surface area contributed by atoms with E-state index in [0.29, 0.717) is 62.7 Å². The minimum Gasteiger partial charge on any atom is -0.459 e. The summed E-state index contributed by atoms with van der Waals surface area (Å²) in [5.74, 6) is 0.0754. The third-order valence-corrected chi connectivity index (χ3v) is 5.06. The number of nitrogens with zero attached hydrogens (tertiary/aromatic N) is 3. The van der Waals surface area contributed by atoms with E-state index in [4.69, 9.17) is 4.42 Å². The summed E-state index contributed by atoms with van der Waals surface area (Å²) < 4.78 is 5.19. The van der Waals surface area contributed by atoms with Gasteiger partial charge >= 0.3 is 6.03 Å². The van der Waals surface area contributed by atoms with Crippen molar-refractivity contribution in [1.82, 2.24) is 15.1 Å². The maximum Gasteiger partial charge on any atom is 0.321 e. The molecule has 1 N–H and O–H groups in total. The molecule has 28 heavy (non-hydrogen) atoms. The number of hydrogen-bond acceptors (Lipinski definition) is 4. The maximum absolute atomic E-state index is 13.0. The largest absolute Gasteiger partial charge is 0.459 e. The molecule has 2 fully saturated rings. The molecule has 8 heteroatoms. The molecular formula is C20H22N4O4. The second kappa shape index (κ2) is 7.75. The van der Waals surface area contributed by atoms with Crippen LogP contribution in [-0.2, 0) is 0 Å². The number of hydrogen-bond donors (Lipinski definition) is 1. The van der Waals surface area contributed by atoms with Gasteiger partial charge in [0, 0.05) is 50.5 Å². The molecular weight excluding hydrogens is 360 g/mol. The fraction of sp³-hybridized carbons (Fsp3) is 0.350. The molecule has 2 aliphatic heterocycles. The Hall–Kier alpha value is -3.29. The van der Waals surface area contributed by atoms with Gasteiger partial charge in [0.1, 0.15) is 0 Å². The fourth-order valence-corrected chi connectivity index (χ4v) is 3.59. The van der Waals surface area contributed by atoms with Gasteiger partial charge in [0.25, 0.3) is 11.8 Å². The van der Waals surface area contributed by atoms with E-state index in [1.807, 2.05) is 6.07 Å². The summed E-state index contributed by atoms with van der Waals surface area (Å²) in [6.07, 6.45) is 2.18. The van der Waals surface area contributed by atoms with Crippen LogP contribution in [0.25, 0.3) is 0 Å². The van der Waals surface area contributed by atoms with Crippen molar-refractivity contribution in [1.29, 1.82) is 0 Å². The highest BCUT2D eigenvalue weighted by molar-refractivity contribution is 5.98. The minimum atomic E-state index is -0.152. The van der Waals surface area contributed by atoms with Crippen molar-refractivity contribution in [2.75, 3.05) is 44.2 Å². The topological polar surface area (TPSA) is 86.1 Å². The molecule has 0 unspecified atom stereocenters. The second-order valence-electron chi connectivity index (χ2n) is 6.85. The van der Waals surface area contributed by atoms with Gasteiger partial charge in [0.05, 0.1) is 6.26 Å². The molecule has 1 aromatic carbocycles. The molecule has 3 heterocycles. The Bertz CT molecular complexity index is 880. The van der Waals surface area contributed by atoms with Crippen molar-refractivity contribution >= 4 is 23.5 Å². The fourth-order valence-electron chi connectivity index (χ4n) is 3.59. The predicted molar refractivity (Wildman–Crippen MR) is 102 cm³/mol. The van der Waals surface area contributed by atoms with Crippen LogP contribution in [0.15, 0.2) is 47.1 Å². The molecule has 0 bridgehead atoms. The number of rotatable bonds is 3. The van der Waals surface area contributed by atoms with Gasteiger partial charge in [-0.3, -0.25) is 14.5 Å². The molecule has 0 spiro atoms. The third kappa shape index (κ3) is 3.58. The number of benzene rings is 1. The van der Waals surface area contributed by atoms with Gasteiger partial charge in [0.15, 0.2) is 5.76 Å². The van der Waals surface area contributed by atoms with Gasteiger partial charge in [-0.1, -0.05) is 6.07 Å². The SMILES string of the molecule is O=C(c1cccc(N2CCNC2=O)c1)N1CCCN(C(=O)c2ccco2)CC1. The first kappa shape index (κ1) is 18.1. The number of anilines is 1. The Morgan fingerprint density at radius 1 is 0.929 bits per heavy atom. The highest BCUT2D eigenvalue weighted by atomic mass is 16.3. The molecule has 2 aliphatic rings. The van der Waals surface area contributed by atoms with Crippen LogP contribution in [0.5, 0.6) is 0 Å². The highest BCUT2D eigenvalue weighted by Gasteiger charge is 2.26. The van der Waals surface area contributed by atoms with Crippen LogP contribution in [0, 0.1) is 0 Å². The predicted octanol–water partition coefficient (Wildman–Crippen LogP) is 1.80. The van der Waals surface area contributed by atoms with Crippen LogP contribution < -0.4 is 10.2 Å². The van der Waals surface area contributed by atoms with E-state index < -0.39 is 0 Å². The molecule has 0 aliphatic carbocycles. The summed E-state index contributed by atoms with van der Waals surface area (Å²) in [5, 5.41) is 2.76. The van der Waals surface area contributed by atoms with Gasteiger partial charge in [-0.2, -0.15) is 0 Å². The highest BCUT2D eigenvalue weighted by Crippen LogP contribution is 2.20. The van der Waals surface area contributed by atoms with Gasteiger partial charge in [0.2, 0.25) is 0 Å². The molecule has 146 valence electrons.